The number of pyridine rings is 1. The number of aryl methyl sites for hydroxylation is 2. The van der Waals surface area contributed by atoms with E-state index in [4.69, 9.17) is 4.52 Å². The highest BCUT2D eigenvalue weighted by Crippen LogP contribution is 2.21. The van der Waals surface area contributed by atoms with E-state index in [9.17, 15) is 0 Å². The van der Waals surface area contributed by atoms with Gasteiger partial charge in [0.2, 0.25) is 11.7 Å². The van der Waals surface area contributed by atoms with Crippen LogP contribution in [0.25, 0.3) is 11.5 Å². The molecule has 1 saturated heterocycles. The maximum Gasteiger partial charge on any atom is 0.248 e. The summed E-state index contributed by atoms with van der Waals surface area (Å²) in [7, 11) is 2.15. The Morgan fingerprint density at radius 2 is 1.92 bits per heavy atom. The molecule has 0 atom stereocenters. The van der Waals surface area contributed by atoms with Gasteiger partial charge in [-0.05, 0) is 39.1 Å². The zero-order valence-electron chi connectivity index (χ0n) is 15.4. The predicted octanol–water partition coefficient (Wildman–Crippen LogP) is 1.75. The third-order valence-electron chi connectivity index (χ3n) is 4.70. The predicted molar refractivity (Wildman–Crippen MR) is 98.0 cm³/mol. The molecule has 3 aromatic heterocycles. The highest BCUT2D eigenvalue weighted by atomic mass is 16.5. The van der Waals surface area contributed by atoms with Crippen LogP contribution in [0.5, 0.6) is 0 Å². The SMILES string of the molecule is Cc1cc(C)n(Cc2nc(-c3cc(N4CCN(C)CC4)ccn3)no2)n1. The van der Waals surface area contributed by atoms with Crippen molar-refractivity contribution in [2.24, 2.45) is 0 Å². The van der Waals surface area contributed by atoms with Gasteiger partial charge in [-0.25, -0.2) is 0 Å². The minimum Gasteiger partial charge on any atom is -0.369 e. The van der Waals surface area contributed by atoms with Crippen molar-refractivity contribution in [2.45, 2.75) is 20.4 Å². The summed E-state index contributed by atoms with van der Waals surface area (Å²) in [6.07, 6.45) is 1.81. The van der Waals surface area contributed by atoms with Crippen molar-refractivity contribution in [3.8, 4) is 11.5 Å². The number of anilines is 1. The van der Waals surface area contributed by atoms with E-state index in [1.165, 1.54) is 0 Å². The summed E-state index contributed by atoms with van der Waals surface area (Å²) in [6, 6.07) is 6.09. The summed E-state index contributed by atoms with van der Waals surface area (Å²) in [5.74, 6) is 1.04. The van der Waals surface area contributed by atoms with Gasteiger partial charge in [0, 0.05) is 43.8 Å². The number of piperazine rings is 1. The maximum absolute atomic E-state index is 5.40. The second-order valence-electron chi connectivity index (χ2n) is 6.79. The first kappa shape index (κ1) is 16.7. The molecule has 26 heavy (non-hydrogen) atoms. The zero-order valence-corrected chi connectivity index (χ0v) is 15.4. The minimum atomic E-state index is 0.463. The average molecular weight is 353 g/mol. The number of nitrogens with zero attached hydrogens (tertiary/aromatic N) is 7. The van der Waals surface area contributed by atoms with E-state index in [-0.39, 0.29) is 0 Å². The third kappa shape index (κ3) is 3.45. The van der Waals surface area contributed by atoms with Gasteiger partial charge in [0.05, 0.1) is 5.69 Å². The number of hydrogen-bond acceptors (Lipinski definition) is 7. The van der Waals surface area contributed by atoms with Crippen LogP contribution >= 0.6 is 0 Å². The van der Waals surface area contributed by atoms with E-state index in [0.29, 0.717) is 18.3 Å². The molecule has 0 aromatic carbocycles. The fourth-order valence-electron chi connectivity index (χ4n) is 3.19. The van der Waals surface area contributed by atoms with Crippen LogP contribution in [0.1, 0.15) is 17.3 Å². The van der Waals surface area contributed by atoms with Gasteiger partial charge >= 0.3 is 0 Å². The fourth-order valence-corrected chi connectivity index (χ4v) is 3.19. The minimum absolute atomic E-state index is 0.463. The van der Waals surface area contributed by atoms with Crippen molar-refractivity contribution >= 4 is 5.69 Å². The lowest BCUT2D eigenvalue weighted by atomic mass is 10.2. The molecule has 4 heterocycles. The first-order chi connectivity index (χ1) is 12.6. The molecule has 0 radical (unpaired) electrons. The molecule has 8 heteroatoms. The molecule has 0 saturated carbocycles. The number of rotatable bonds is 4. The van der Waals surface area contributed by atoms with E-state index in [0.717, 1.165) is 48.9 Å². The summed E-state index contributed by atoms with van der Waals surface area (Å²) >= 11 is 0. The van der Waals surface area contributed by atoms with E-state index in [2.05, 4.69) is 37.1 Å². The Bertz CT molecular complexity index is 893. The van der Waals surface area contributed by atoms with E-state index >= 15 is 0 Å². The summed E-state index contributed by atoms with van der Waals surface area (Å²) in [4.78, 5) is 13.6. The molecular formula is C18H23N7O. The lowest BCUT2D eigenvalue weighted by Gasteiger charge is -2.34. The Balaban J connectivity index is 1.52. The van der Waals surface area contributed by atoms with Gasteiger partial charge in [0.25, 0.3) is 0 Å². The number of hydrogen-bond donors (Lipinski definition) is 0. The summed E-state index contributed by atoms with van der Waals surface area (Å²) in [5.41, 5.74) is 3.92. The molecule has 0 bridgehead atoms. The molecule has 136 valence electrons. The number of aromatic nitrogens is 5. The normalized spacial score (nSPS) is 15.6. The van der Waals surface area contributed by atoms with Crippen LogP contribution in [0.2, 0.25) is 0 Å². The Labute approximate surface area is 152 Å². The maximum atomic E-state index is 5.40. The van der Waals surface area contributed by atoms with Gasteiger partial charge in [-0.3, -0.25) is 9.67 Å². The second-order valence-corrected chi connectivity index (χ2v) is 6.79. The van der Waals surface area contributed by atoms with Gasteiger partial charge < -0.3 is 14.3 Å². The van der Waals surface area contributed by atoms with Crippen LogP contribution in [0.15, 0.2) is 28.9 Å². The zero-order chi connectivity index (χ0) is 18.1. The monoisotopic (exact) mass is 353 g/mol. The Morgan fingerprint density at radius 1 is 1.12 bits per heavy atom. The Kier molecular flexibility index (Phi) is 4.42. The molecule has 0 N–H and O–H groups in total. The van der Waals surface area contributed by atoms with Gasteiger partial charge in [-0.1, -0.05) is 5.16 Å². The summed E-state index contributed by atoms with van der Waals surface area (Å²) in [5, 5.41) is 8.53. The molecule has 0 spiro atoms. The Morgan fingerprint density at radius 3 is 2.65 bits per heavy atom. The molecule has 1 fully saturated rings. The molecule has 0 unspecified atom stereocenters. The van der Waals surface area contributed by atoms with Crippen LogP contribution in [0.3, 0.4) is 0 Å². The molecule has 1 aliphatic heterocycles. The van der Waals surface area contributed by atoms with E-state index in [1.807, 2.05) is 36.7 Å². The van der Waals surface area contributed by atoms with E-state index < -0.39 is 0 Å². The summed E-state index contributed by atoms with van der Waals surface area (Å²) in [6.45, 7) is 8.59. The average Bonchev–Trinajstić information content (AvgIpc) is 3.22. The van der Waals surface area contributed by atoms with Crippen LogP contribution in [0, 0.1) is 13.8 Å². The van der Waals surface area contributed by atoms with Crippen molar-refractivity contribution in [3.63, 3.8) is 0 Å². The topological polar surface area (TPSA) is 76.1 Å². The van der Waals surface area contributed by atoms with Gasteiger partial charge in [-0.2, -0.15) is 10.1 Å². The molecule has 0 aliphatic carbocycles. The molecule has 0 amide bonds. The molecule has 8 nitrogen and oxygen atoms in total. The van der Waals surface area contributed by atoms with Crippen LogP contribution < -0.4 is 4.90 Å². The Hall–Kier alpha value is -2.74. The standard InChI is InChI=1S/C18H23N7O/c1-13-10-14(2)25(21-13)12-17-20-18(22-26-17)16-11-15(4-5-19-16)24-8-6-23(3)7-9-24/h4-5,10-11H,6-9,12H2,1-3H3. The van der Waals surface area contributed by atoms with Crippen molar-refractivity contribution < 1.29 is 4.52 Å². The molecule has 4 rings (SSSR count). The smallest absolute Gasteiger partial charge is 0.248 e. The lowest BCUT2D eigenvalue weighted by molar-refractivity contribution is 0.313. The number of likely N-dealkylation sites (N-methyl/N-ethyl adjacent to an activating group) is 1. The highest BCUT2D eigenvalue weighted by molar-refractivity contribution is 5.58. The first-order valence-electron chi connectivity index (χ1n) is 8.82. The van der Waals surface area contributed by atoms with Crippen molar-refractivity contribution in [1.29, 1.82) is 0 Å². The van der Waals surface area contributed by atoms with Gasteiger partial charge in [0.15, 0.2) is 0 Å². The molecule has 3 aromatic rings. The third-order valence-corrected chi connectivity index (χ3v) is 4.70. The lowest BCUT2D eigenvalue weighted by Crippen LogP contribution is -2.44. The fraction of sp³-hybridized carbons (Fsp3) is 0.444. The first-order valence-corrected chi connectivity index (χ1v) is 8.82. The molecular weight excluding hydrogens is 330 g/mol. The quantitative estimate of drug-likeness (QED) is 0.707. The van der Waals surface area contributed by atoms with Gasteiger partial charge in [0.1, 0.15) is 12.2 Å². The van der Waals surface area contributed by atoms with Crippen molar-refractivity contribution in [1.82, 2.24) is 29.8 Å². The van der Waals surface area contributed by atoms with Crippen LogP contribution in [-0.2, 0) is 6.54 Å². The van der Waals surface area contributed by atoms with Gasteiger partial charge in [-0.15, -0.1) is 0 Å². The highest BCUT2D eigenvalue weighted by Gasteiger charge is 2.17. The summed E-state index contributed by atoms with van der Waals surface area (Å²) < 4.78 is 7.27. The molecule has 1 aliphatic rings. The van der Waals surface area contributed by atoms with E-state index in [1.54, 1.807) is 6.20 Å². The second kappa shape index (κ2) is 6.87. The largest absolute Gasteiger partial charge is 0.369 e. The van der Waals surface area contributed by atoms with Crippen LogP contribution in [0.4, 0.5) is 5.69 Å². The van der Waals surface area contributed by atoms with Crippen LogP contribution in [-0.4, -0.2) is 63.0 Å². The van der Waals surface area contributed by atoms with Crippen molar-refractivity contribution in [2.75, 3.05) is 38.1 Å². The van der Waals surface area contributed by atoms with Crippen molar-refractivity contribution in [3.05, 3.63) is 41.7 Å².